The molecule has 0 saturated carbocycles. The fourth-order valence-electron chi connectivity index (χ4n) is 2.76. The van der Waals surface area contributed by atoms with Gasteiger partial charge in [-0.05, 0) is 63.0 Å². The van der Waals surface area contributed by atoms with Gasteiger partial charge in [0, 0.05) is 25.2 Å². The third-order valence-electron chi connectivity index (χ3n) is 3.92. The normalized spacial score (nSPS) is 11.0. The van der Waals surface area contributed by atoms with Crippen LogP contribution in [0.1, 0.15) is 61.5 Å². The molecule has 3 heteroatoms. The molecule has 0 atom stereocenters. The van der Waals surface area contributed by atoms with E-state index in [-0.39, 0.29) is 5.91 Å². The Morgan fingerprint density at radius 3 is 2.14 bits per heavy atom. The summed E-state index contributed by atoms with van der Waals surface area (Å²) in [5, 5.41) is 0. The van der Waals surface area contributed by atoms with Crippen LogP contribution in [0.25, 0.3) is 0 Å². The van der Waals surface area contributed by atoms with E-state index in [0.29, 0.717) is 0 Å². The molecule has 22 heavy (non-hydrogen) atoms. The van der Waals surface area contributed by atoms with Crippen LogP contribution in [0.3, 0.4) is 0 Å². The number of rotatable bonds is 9. The van der Waals surface area contributed by atoms with E-state index in [1.807, 2.05) is 11.0 Å². The maximum atomic E-state index is 12.7. The zero-order valence-electron chi connectivity index (χ0n) is 15.0. The molecule has 0 bridgehead atoms. The molecule has 3 nitrogen and oxygen atoms in total. The molecule has 0 aliphatic rings. The van der Waals surface area contributed by atoms with Gasteiger partial charge in [0.25, 0.3) is 5.91 Å². The highest BCUT2D eigenvalue weighted by Gasteiger charge is 2.15. The summed E-state index contributed by atoms with van der Waals surface area (Å²) in [5.41, 5.74) is 3.35. The van der Waals surface area contributed by atoms with Gasteiger partial charge in [-0.15, -0.1) is 0 Å². The maximum absolute atomic E-state index is 12.7. The SMILES string of the molecule is CCCN(C)Cc1cc(C(=O)N(CCC)CCC)ccc1C. The molecule has 124 valence electrons. The van der Waals surface area contributed by atoms with Crippen molar-refractivity contribution in [1.82, 2.24) is 9.80 Å². The summed E-state index contributed by atoms with van der Waals surface area (Å²) in [6.07, 6.45) is 3.16. The molecule has 0 fully saturated rings. The summed E-state index contributed by atoms with van der Waals surface area (Å²) < 4.78 is 0. The summed E-state index contributed by atoms with van der Waals surface area (Å²) in [5.74, 6) is 0.170. The predicted molar refractivity (Wildman–Crippen MR) is 94.3 cm³/mol. The Morgan fingerprint density at radius 2 is 1.59 bits per heavy atom. The largest absolute Gasteiger partial charge is 0.339 e. The number of carbonyl (C=O) groups excluding carboxylic acids is 1. The second-order valence-corrected chi connectivity index (χ2v) is 6.17. The van der Waals surface area contributed by atoms with Crippen molar-refractivity contribution in [3.63, 3.8) is 0 Å². The van der Waals surface area contributed by atoms with Crippen LogP contribution >= 0.6 is 0 Å². The highest BCUT2D eigenvalue weighted by atomic mass is 16.2. The number of carbonyl (C=O) groups is 1. The van der Waals surface area contributed by atoms with E-state index in [9.17, 15) is 4.79 Å². The van der Waals surface area contributed by atoms with E-state index < -0.39 is 0 Å². The number of nitrogens with zero attached hydrogens (tertiary/aromatic N) is 2. The van der Waals surface area contributed by atoms with Crippen LogP contribution in [0.15, 0.2) is 18.2 Å². The minimum Gasteiger partial charge on any atom is -0.339 e. The van der Waals surface area contributed by atoms with Crippen LogP contribution in [0, 0.1) is 6.92 Å². The van der Waals surface area contributed by atoms with E-state index >= 15 is 0 Å². The Balaban J connectivity index is 2.92. The van der Waals surface area contributed by atoms with E-state index in [4.69, 9.17) is 0 Å². The smallest absolute Gasteiger partial charge is 0.253 e. The first-order chi connectivity index (χ1) is 10.5. The highest BCUT2D eigenvalue weighted by molar-refractivity contribution is 5.94. The van der Waals surface area contributed by atoms with Gasteiger partial charge >= 0.3 is 0 Å². The van der Waals surface area contributed by atoms with Crippen LogP contribution in [0.5, 0.6) is 0 Å². The number of amides is 1. The van der Waals surface area contributed by atoms with Gasteiger partial charge in [-0.1, -0.05) is 26.8 Å². The highest BCUT2D eigenvalue weighted by Crippen LogP contribution is 2.15. The summed E-state index contributed by atoms with van der Waals surface area (Å²) in [6, 6.07) is 6.14. The fraction of sp³-hybridized carbons (Fsp3) is 0.632. The first-order valence-corrected chi connectivity index (χ1v) is 8.60. The lowest BCUT2D eigenvalue weighted by Gasteiger charge is -2.23. The van der Waals surface area contributed by atoms with E-state index in [0.717, 1.165) is 51.0 Å². The van der Waals surface area contributed by atoms with Crippen LogP contribution in [0.4, 0.5) is 0 Å². The third kappa shape index (κ3) is 5.45. The Labute approximate surface area is 136 Å². The number of hydrogen-bond donors (Lipinski definition) is 0. The molecule has 0 unspecified atom stereocenters. The van der Waals surface area contributed by atoms with Gasteiger partial charge < -0.3 is 9.80 Å². The standard InChI is InChI=1S/C19H32N2O/c1-6-11-20(5)15-18-14-17(10-9-16(18)4)19(22)21(12-7-2)13-8-3/h9-10,14H,6-8,11-13,15H2,1-5H3. The minimum atomic E-state index is 0.170. The maximum Gasteiger partial charge on any atom is 0.253 e. The molecule has 1 aromatic carbocycles. The van der Waals surface area contributed by atoms with Crippen LogP contribution in [-0.4, -0.2) is 42.4 Å². The summed E-state index contributed by atoms with van der Waals surface area (Å²) >= 11 is 0. The third-order valence-corrected chi connectivity index (χ3v) is 3.92. The first-order valence-electron chi connectivity index (χ1n) is 8.60. The van der Waals surface area contributed by atoms with Crippen molar-refractivity contribution >= 4 is 5.91 Å². The van der Waals surface area contributed by atoms with Crippen molar-refractivity contribution in [2.24, 2.45) is 0 Å². The Hall–Kier alpha value is -1.35. The average molecular weight is 304 g/mol. The topological polar surface area (TPSA) is 23.6 Å². The molecule has 0 radical (unpaired) electrons. The zero-order chi connectivity index (χ0) is 16.5. The first kappa shape index (κ1) is 18.7. The van der Waals surface area contributed by atoms with Gasteiger partial charge in [-0.25, -0.2) is 0 Å². The number of hydrogen-bond acceptors (Lipinski definition) is 2. The molecule has 0 spiro atoms. The van der Waals surface area contributed by atoms with Crippen molar-refractivity contribution in [1.29, 1.82) is 0 Å². The van der Waals surface area contributed by atoms with Crippen molar-refractivity contribution in [2.45, 2.75) is 53.5 Å². The molecule has 0 heterocycles. The molecule has 0 saturated heterocycles. The van der Waals surface area contributed by atoms with E-state index in [2.05, 4.69) is 51.8 Å². The lowest BCUT2D eigenvalue weighted by atomic mass is 10.0. The number of aryl methyl sites for hydroxylation is 1. The lowest BCUT2D eigenvalue weighted by Crippen LogP contribution is -2.32. The Morgan fingerprint density at radius 1 is 1.00 bits per heavy atom. The Bertz CT molecular complexity index is 465. The predicted octanol–water partition coefficient (Wildman–Crippen LogP) is 4.10. The number of benzene rings is 1. The van der Waals surface area contributed by atoms with Crippen LogP contribution in [-0.2, 0) is 6.54 Å². The molecule has 1 aromatic rings. The van der Waals surface area contributed by atoms with Crippen molar-refractivity contribution in [3.8, 4) is 0 Å². The van der Waals surface area contributed by atoms with Crippen molar-refractivity contribution < 1.29 is 4.79 Å². The van der Waals surface area contributed by atoms with Crippen molar-refractivity contribution in [3.05, 3.63) is 34.9 Å². The van der Waals surface area contributed by atoms with Gasteiger partial charge in [-0.2, -0.15) is 0 Å². The average Bonchev–Trinajstić information content (AvgIpc) is 2.49. The second-order valence-electron chi connectivity index (χ2n) is 6.17. The minimum absolute atomic E-state index is 0.170. The molecular formula is C19H32N2O. The molecular weight excluding hydrogens is 272 g/mol. The lowest BCUT2D eigenvalue weighted by molar-refractivity contribution is 0.0755. The fourth-order valence-corrected chi connectivity index (χ4v) is 2.76. The van der Waals surface area contributed by atoms with Gasteiger partial charge in [-0.3, -0.25) is 4.79 Å². The second kappa shape index (κ2) is 9.62. The van der Waals surface area contributed by atoms with Gasteiger partial charge in [0.2, 0.25) is 0 Å². The molecule has 1 rings (SSSR count). The molecule has 0 aromatic heterocycles. The quantitative estimate of drug-likeness (QED) is 0.686. The summed E-state index contributed by atoms with van der Waals surface area (Å²) in [6.45, 7) is 12.2. The zero-order valence-corrected chi connectivity index (χ0v) is 15.0. The summed E-state index contributed by atoms with van der Waals surface area (Å²) in [7, 11) is 2.14. The van der Waals surface area contributed by atoms with E-state index in [1.54, 1.807) is 0 Å². The Kier molecular flexibility index (Phi) is 8.18. The summed E-state index contributed by atoms with van der Waals surface area (Å²) in [4.78, 5) is 17.0. The molecule has 0 aliphatic heterocycles. The van der Waals surface area contributed by atoms with Gasteiger partial charge in [0.05, 0.1) is 0 Å². The molecule has 0 aliphatic carbocycles. The van der Waals surface area contributed by atoms with E-state index in [1.165, 1.54) is 11.1 Å². The van der Waals surface area contributed by atoms with Crippen LogP contribution in [0.2, 0.25) is 0 Å². The van der Waals surface area contributed by atoms with Gasteiger partial charge in [0.15, 0.2) is 0 Å². The van der Waals surface area contributed by atoms with Crippen LogP contribution < -0.4 is 0 Å². The molecule has 0 N–H and O–H groups in total. The molecule has 1 amide bonds. The monoisotopic (exact) mass is 304 g/mol. The van der Waals surface area contributed by atoms with Crippen molar-refractivity contribution in [2.75, 3.05) is 26.7 Å². The van der Waals surface area contributed by atoms with Gasteiger partial charge in [0.1, 0.15) is 0 Å².